The fourth-order valence-corrected chi connectivity index (χ4v) is 2.61. The molecule has 0 spiro atoms. The van der Waals surface area contributed by atoms with E-state index in [4.69, 9.17) is 10.00 Å². The van der Waals surface area contributed by atoms with Gasteiger partial charge < -0.3 is 9.64 Å². The Labute approximate surface area is 134 Å². The van der Waals surface area contributed by atoms with Gasteiger partial charge in [-0.15, -0.1) is 5.10 Å². The van der Waals surface area contributed by atoms with Crippen LogP contribution in [0.25, 0.3) is 0 Å². The first-order valence-electron chi connectivity index (χ1n) is 7.32. The number of fused-ring (bicyclic) bond motifs is 1. The van der Waals surface area contributed by atoms with Crippen molar-refractivity contribution in [2.24, 2.45) is 0 Å². The monoisotopic (exact) mass is 311 g/mol. The lowest BCUT2D eigenvalue weighted by Gasteiger charge is -2.40. The molecule has 118 valence electrons. The smallest absolute Gasteiger partial charge is 0.252 e. The Morgan fingerprint density at radius 3 is 2.87 bits per heavy atom. The lowest BCUT2D eigenvalue weighted by atomic mass is 10.0. The number of hydrogen-bond acceptors (Lipinski definition) is 5. The van der Waals surface area contributed by atoms with Crippen molar-refractivity contribution in [3.05, 3.63) is 36.4 Å². The second-order valence-corrected chi connectivity index (χ2v) is 6.09. The molecular weight excluding hydrogens is 294 g/mol. The fraction of sp³-hybridized carbons (Fsp3) is 0.375. The number of rotatable bonds is 2. The molecule has 1 aliphatic heterocycles. The molecule has 23 heavy (non-hydrogen) atoms. The molecule has 0 fully saturated rings. The molecule has 2 aromatic rings. The van der Waals surface area contributed by atoms with Crippen molar-refractivity contribution in [3.63, 3.8) is 0 Å². The molecule has 3 rings (SSSR count). The lowest BCUT2D eigenvalue weighted by Crippen LogP contribution is -2.51. The van der Waals surface area contributed by atoms with Crippen LogP contribution in [0.2, 0.25) is 0 Å². The Balaban J connectivity index is 1.94. The predicted molar refractivity (Wildman–Crippen MR) is 83.0 cm³/mol. The normalized spacial score (nSPS) is 16.9. The Morgan fingerprint density at radius 1 is 1.43 bits per heavy atom. The average molecular weight is 311 g/mol. The minimum Gasteiger partial charge on any atom is -0.484 e. The van der Waals surface area contributed by atoms with Gasteiger partial charge in [0.1, 0.15) is 29.8 Å². The molecule has 0 saturated heterocycles. The van der Waals surface area contributed by atoms with Crippen molar-refractivity contribution in [2.75, 3.05) is 11.4 Å². The van der Waals surface area contributed by atoms with E-state index in [0.717, 1.165) is 5.69 Å². The van der Waals surface area contributed by atoms with Gasteiger partial charge in [-0.1, -0.05) is 12.1 Å². The number of carbonyl (C=O) groups is 1. The fourth-order valence-electron chi connectivity index (χ4n) is 2.61. The van der Waals surface area contributed by atoms with Gasteiger partial charge in [-0.05, 0) is 32.9 Å². The van der Waals surface area contributed by atoms with Crippen LogP contribution in [0.3, 0.4) is 0 Å². The van der Waals surface area contributed by atoms with Crippen molar-refractivity contribution in [1.29, 1.82) is 5.26 Å². The number of ether oxygens (including phenoxy) is 1. The van der Waals surface area contributed by atoms with Crippen LogP contribution in [0.5, 0.6) is 5.75 Å². The van der Waals surface area contributed by atoms with Crippen LogP contribution in [0.15, 0.2) is 30.6 Å². The number of carbonyl (C=O) groups excluding carboxylic acids is 1. The Hall–Kier alpha value is -2.88. The Bertz CT molecular complexity index is 790. The molecule has 0 saturated carbocycles. The van der Waals surface area contributed by atoms with Crippen molar-refractivity contribution >= 4 is 11.6 Å². The maximum atomic E-state index is 12.9. The topological polar surface area (TPSA) is 84.0 Å². The molecule has 0 bridgehead atoms. The van der Waals surface area contributed by atoms with E-state index >= 15 is 0 Å². The number of benzene rings is 1. The van der Waals surface area contributed by atoms with Gasteiger partial charge in [-0.2, -0.15) is 5.26 Å². The second kappa shape index (κ2) is 5.39. The molecule has 1 unspecified atom stereocenters. The lowest BCUT2D eigenvalue weighted by molar-refractivity contribution is -0.122. The highest BCUT2D eigenvalue weighted by Crippen LogP contribution is 2.37. The summed E-state index contributed by atoms with van der Waals surface area (Å²) in [6, 6.07) is 8.76. The highest BCUT2D eigenvalue weighted by atomic mass is 16.5. The van der Waals surface area contributed by atoms with Gasteiger partial charge in [-0.25, -0.2) is 9.67 Å². The maximum absolute atomic E-state index is 12.9. The third kappa shape index (κ3) is 2.75. The highest BCUT2D eigenvalue weighted by molar-refractivity contribution is 5.97. The van der Waals surface area contributed by atoms with E-state index in [2.05, 4.69) is 10.1 Å². The summed E-state index contributed by atoms with van der Waals surface area (Å²) in [5.41, 5.74) is 0.258. The average Bonchev–Trinajstić information content (AvgIpc) is 3.00. The molecular formula is C16H17N5O2. The summed E-state index contributed by atoms with van der Waals surface area (Å²) in [6.07, 6.45) is 1.40. The zero-order valence-corrected chi connectivity index (χ0v) is 13.2. The summed E-state index contributed by atoms with van der Waals surface area (Å²) in [5, 5.41) is 12.8. The molecule has 7 heteroatoms. The molecule has 1 amide bonds. The molecule has 1 aromatic heterocycles. The van der Waals surface area contributed by atoms with Crippen LogP contribution in [0, 0.1) is 11.3 Å². The van der Waals surface area contributed by atoms with Gasteiger partial charge >= 0.3 is 0 Å². The van der Waals surface area contributed by atoms with Gasteiger partial charge in [0, 0.05) is 0 Å². The third-order valence-corrected chi connectivity index (χ3v) is 3.71. The van der Waals surface area contributed by atoms with E-state index in [0.29, 0.717) is 12.3 Å². The Kier molecular flexibility index (Phi) is 3.52. The first-order chi connectivity index (χ1) is 10.9. The van der Waals surface area contributed by atoms with Crippen LogP contribution >= 0.6 is 0 Å². The van der Waals surface area contributed by atoms with Crippen LogP contribution in [0.4, 0.5) is 5.69 Å². The molecule has 1 aliphatic rings. The molecule has 1 atom stereocenters. The summed E-state index contributed by atoms with van der Waals surface area (Å²) in [6.45, 7) is 6.06. The van der Waals surface area contributed by atoms with Gasteiger partial charge in [-0.3, -0.25) is 4.79 Å². The standard InChI is InChI=1S/C16H17N5O2/c1-11(21-10-18-14(8-17)19-21)15(22)20-9-16(2,3)23-13-7-5-4-6-12(13)20/h4-7,10-11H,9H2,1-3H3. The van der Waals surface area contributed by atoms with Gasteiger partial charge in [0.25, 0.3) is 11.7 Å². The Morgan fingerprint density at radius 2 is 2.17 bits per heavy atom. The number of amides is 1. The number of hydrogen-bond donors (Lipinski definition) is 0. The van der Waals surface area contributed by atoms with E-state index in [-0.39, 0.29) is 11.7 Å². The number of nitrogens with zero attached hydrogens (tertiary/aromatic N) is 5. The first kappa shape index (κ1) is 15.0. The van der Waals surface area contributed by atoms with Crippen LogP contribution < -0.4 is 9.64 Å². The molecule has 0 N–H and O–H groups in total. The van der Waals surface area contributed by atoms with E-state index in [1.54, 1.807) is 11.8 Å². The molecule has 0 aliphatic carbocycles. The second-order valence-electron chi connectivity index (χ2n) is 6.09. The van der Waals surface area contributed by atoms with Crippen LogP contribution in [-0.4, -0.2) is 32.8 Å². The van der Waals surface area contributed by atoms with E-state index in [9.17, 15) is 4.79 Å². The minimum absolute atomic E-state index is 0.0485. The molecule has 7 nitrogen and oxygen atoms in total. The zero-order chi connectivity index (χ0) is 16.6. The summed E-state index contributed by atoms with van der Waals surface area (Å²) in [7, 11) is 0. The largest absolute Gasteiger partial charge is 0.484 e. The van der Waals surface area contributed by atoms with Crippen LogP contribution in [0.1, 0.15) is 32.6 Å². The number of para-hydroxylation sites is 2. The van der Waals surface area contributed by atoms with Gasteiger partial charge in [0.2, 0.25) is 0 Å². The van der Waals surface area contributed by atoms with Gasteiger partial charge in [0.05, 0.1) is 12.2 Å². The molecule has 0 radical (unpaired) electrons. The summed E-state index contributed by atoms with van der Waals surface area (Å²) in [4.78, 5) is 18.5. The van der Waals surface area contributed by atoms with E-state index in [1.165, 1.54) is 11.0 Å². The number of aromatic nitrogens is 3. The summed E-state index contributed by atoms with van der Waals surface area (Å²) in [5.74, 6) is 0.608. The SMILES string of the molecule is CC(C(=O)N1CC(C)(C)Oc2ccccc21)n1cnc(C#N)n1. The van der Waals surface area contributed by atoms with Gasteiger partial charge in [0.15, 0.2) is 0 Å². The van der Waals surface area contributed by atoms with E-state index in [1.807, 2.05) is 44.2 Å². The minimum atomic E-state index is -0.563. The summed E-state index contributed by atoms with van der Waals surface area (Å²) >= 11 is 0. The highest BCUT2D eigenvalue weighted by Gasteiger charge is 2.36. The first-order valence-corrected chi connectivity index (χ1v) is 7.32. The quantitative estimate of drug-likeness (QED) is 0.846. The number of anilines is 1. The number of nitriles is 1. The molecule has 1 aromatic carbocycles. The summed E-state index contributed by atoms with van der Waals surface area (Å²) < 4.78 is 7.34. The zero-order valence-electron chi connectivity index (χ0n) is 13.2. The van der Waals surface area contributed by atoms with Crippen molar-refractivity contribution in [2.45, 2.75) is 32.4 Å². The molecule has 2 heterocycles. The maximum Gasteiger partial charge on any atom is 0.252 e. The van der Waals surface area contributed by atoms with Crippen molar-refractivity contribution in [3.8, 4) is 11.8 Å². The van der Waals surface area contributed by atoms with Crippen LogP contribution in [-0.2, 0) is 4.79 Å². The third-order valence-electron chi connectivity index (χ3n) is 3.71. The van der Waals surface area contributed by atoms with E-state index < -0.39 is 11.6 Å². The predicted octanol–water partition coefficient (Wildman–Crippen LogP) is 1.91. The van der Waals surface area contributed by atoms with Crippen molar-refractivity contribution < 1.29 is 9.53 Å². The van der Waals surface area contributed by atoms with Crippen molar-refractivity contribution in [1.82, 2.24) is 14.8 Å².